The van der Waals surface area contributed by atoms with Crippen molar-refractivity contribution in [2.45, 2.75) is 13.0 Å². The summed E-state index contributed by atoms with van der Waals surface area (Å²) in [5.41, 5.74) is 1.94. The van der Waals surface area contributed by atoms with Crippen LogP contribution in [-0.4, -0.2) is 28.4 Å². The van der Waals surface area contributed by atoms with Crippen LogP contribution in [0.15, 0.2) is 84.4 Å². The summed E-state index contributed by atoms with van der Waals surface area (Å²) in [5, 5.41) is 11.5. The monoisotopic (exact) mass is 456 g/mol. The number of aliphatic hydroxyl groups excluding tert-OH is 1. The first-order valence-electron chi connectivity index (χ1n) is 10.5. The van der Waals surface area contributed by atoms with Crippen molar-refractivity contribution >= 4 is 44.1 Å². The minimum absolute atomic E-state index is 0.0478. The van der Waals surface area contributed by atoms with Crippen molar-refractivity contribution in [3.8, 4) is 5.75 Å². The number of nitrogens with zero attached hydrogens (tertiary/aromatic N) is 2. The Morgan fingerprint density at radius 1 is 1.03 bits per heavy atom. The molecule has 1 unspecified atom stereocenters. The molecule has 1 aliphatic heterocycles. The van der Waals surface area contributed by atoms with Gasteiger partial charge in [-0.3, -0.25) is 14.5 Å². The molecule has 1 N–H and O–H groups in total. The van der Waals surface area contributed by atoms with Crippen LogP contribution in [0, 0.1) is 0 Å². The number of benzene rings is 3. The van der Waals surface area contributed by atoms with E-state index in [-0.39, 0.29) is 11.3 Å². The lowest BCUT2D eigenvalue weighted by Gasteiger charge is -2.22. The van der Waals surface area contributed by atoms with Crippen molar-refractivity contribution in [2.24, 2.45) is 0 Å². The summed E-state index contributed by atoms with van der Waals surface area (Å²) in [5.74, 6) is -0.944. The quantitative estimate of drug-likeness (QED) is 0.250. The molecular weight excluding hydrogens is 436 g/mol. The zero-order valence-corrected chi connectivity index (χ0v) is 18.6. The van der Waals surface area contributed by atoms with Gasteiger partial charge >= 0.3 is 5.91 Å². The fraction of sp³-hybridized carbons (Fsp3) is 0.115. The van der Waals surface area contributed by atoms with Gasteiger partial charge in [-0.15, -0.1) is 0 Å². The van der Waals surface area contributed by atoms with Crippen LogP contribution in [0.4, 0.5) is 5.13 Å². The van der Waals surface area contributed by atoms with Gasteiger partial charge < -0.3 is 9.84 Å². The molecule has 33 heavy (non-hydrogen) atoms. The molecule has 7 heteroatoms. The van der Waals surface area contributed by atoms with Gasteiger partial charge in [0.15, 0.2) is 5.13 Å². The Balaban J connectivity index is 1.69. The molecule has 1 aromatic heterocycles. The predicted octanol–water partition coefficient (Wildman–Crippen LogP) is 5.32. The van der Waals surface area contributed by atoms with E-state index in [0.717, 1.165) is 4.70 Å². The Morgan fingerprint density at radius 2 is 1.73 bits per heavy atom. The fourth-order valence-corrected chi connectivity index (χ4v) is 5.01. The molecule has 5 rings (SSSR count). The second-order valence-electron chi connectivity index (χ2n) is 7.50. The molecule has 3 aromatic carbocycles. The molecule has 1 saturated heterocycles. The first kappa shape index (κ1) is 20.9. The van der Waals surface area contributed by atoms with Crippen LogP contribution in [0.25, 0.3) is 16.0 Å². The summed E-state index contributed by atoms with van der Waals surface area (Å²) < 4.78 is 6.42. The zero-order chi connectivity index (χ0) is 22.9. The number of ether oxygens (including phenoxy) is 1. The van der Waals surface area contributed by atoms with Gasteiger partial charge in [-0.05, 0) is 30.7 Å². The first-order chi connectivity index (χ1) is 16.1. The van der Waals surface area contributed by atoms with Crippen LogP contribution >= 0.6 is 11.3 Å². The minimum Gasteiger partial charge on any atom is -0.507 e. The highest BCUT2D eigenvalue weighted by Gasteiger charge is 2.48. The minimum atomic E-state index is -0.793. The number of aromatic nitrogens is 1. The van der Waals surface area contributed by atoms with E-state index in [1.165, 1.54) is 16.2 Å². The number of hydrogen-bond acceptors (Lipinski definition) is 6. The van der Waals surface area contributed by atoms with Crippen molar-refractivity contribution < 1.29 is 19.4 Å². The Hall–Kier alpha value is -3.97. The lowest BCUT2D eigenvalue weighted by molar-refractivity contribution is -0.132. The molecule has 0 saturated carbocycles. The zero-order valence-electron chi connectivity index (χ0n) is 17.8. The summed E-state index contributed by atoms with van der Waals surface area (Å²) in [6, 6.07) is 22.7. The molecule has 0 spiro atoms. The number of carbonyl (C=O) groups is 2. The number of thiazole rings is 1. The molecular formula is C26H20N2O4S. The maximum Gasteiger partial charge on any atom is 0.301 e. The number of anilines is 1. The number of fused-ring (bicyclic) bond motifs is 1. The summed E-state index contributed by atoms with van der Waals surface area (Å²) >= 11 is 1.31. The molecule has 0 bridgehead atoms. The van der Waals surface area contributed by atoms with Crippen molar-refractivity contribution in [2.75, 3.05) is 11.5 Å². The van der Waals surface area contributed by atoms with Crippen LogP contribution in [0.2, 0.25) is 0 Å². The third kappa shape index (κ3) is 3.66. The van der Waals surface area contributed by atoms with E-state index in [4.69, 9.17) is 4.74 Å². The molecule has 164 valence electrons. The number of hydrogen-bond donors (Lipinski definition) is 1. The van der Waals surface area contributed by atoms with E-state index < -0.39 is 17.7 Å². The van der Waals surface area contributed by atoms with Crippen LogP contribution in [0.5, 0.6) is 5.75 Å². The van der Waals surface area contributed by atoms with E-state index in [9.17, 15) is 14.7 Å². The Morgan fingerprint density at radius 3 is 2.42 bits per heavy atom. The van der Waals surface area contributed by atoms with Crippen LogP contribution < -0.4 is 9.64 Å². The highest BCUT2D eigenvalue weighted by atomic mass is 32.1. The maximum atomic E-state index is 13.3. The lowest BCUT2D eigenvalue weighted by Crippen LogP contribution is -2.29. The van der Waals surface area contributed by atoms with Gasteiger partial charge in [0.1, 0.15) is 11.5 Å². The van der Waals surface area contributed by atoms with Gasteiger partial charge in [0, 0.05) is 5.56 Å². The third-order valence-electron chi connectivity index (χ3n) is 5.47. The molecule has 1 atom stereocenters. The van der Waals surface area contributed by atoms with Crippen LogP contribution in [-0.2, 0) is 9.59 Å². The number of aliphatic hydroxyl groups is 1. The average Bonchev–Trinajstić information content (AvgIpc) is 3.38. The van der Waals surface area contributed by atoms with Crippen molar-refractivity contribution in [1.82, 2.24) is 4.98 Å². The van der Waals surface area contributed by atoms with Gasteiger partial charge in [-0.1, -0.05) is 72.0 Å². The maximum absolute atomic E-state index is 13.3. The SMILES string of the molecule is CCOc1ccc2nc(N3C(=O)C(=O)C(=C(O)c4ccccc4)C3c3ccccc3)sc2c1. The largest absolute Gasteiger partial charge is 0.507 e. The predicted molar refractivity (Wildman–Crippen MR) is 128 cm³/mol. The number of Topliss-reactive ketones (excluding diaryl/α,β-unsaturated/α-hetero) is 1. The molecule has 2 heterocycles. The summed E-state index contributed by atoms with van der Waals surface area (Å²) in [7, 11) is 0. The van der Waals surface area contributed by atoms with Gasteiger partial charge in [0.25, 0.3) is 5.78 Å². The molecule has 0 aliphatic carbocycles. The smallest absolute Gasteiger partial charge is 0.301 e. The number of amides is 1. The van der Waals surface area contributed by atoms with Crippen LogP contribution in [0.3, 0.4) is 0 Å². The van der Waals surface area contributed by atoms with Gasteiger partial charge in [-0.2, -0.15) is 0 Å². The normalized spacial score (nSPS) is 17.6. The second kappa shape index (κ2) is 8.52. The summed E-state index contributed by atoms with van der Waals surface area (Å²) in [6.07, 6.45) is 0. The van der Waals surface area contributed by atoms with Crippen molar-refractivity contribution in [3.63, 3.8) is 0 Å². The molecule has 4 aromatic rings. The standard InChI is InChI=1S/C26H20N2O4S/c1-2-32-18-13-14-19-20(15-18)33-26(27-19)28-22(16-9-5-3-6-10-16)21(24(30)25(28)31)23(29)17-11-7-4-8-12-17/h3-15,22,29H,2H2,1H3. The second-order valence-corrected chi connectivity index (χ2v) is 8.51. The number of rotatable bonds is 5. The molecule has 1 amide bonds. The Labute approximate surface area is 194 Å². The van der Waals surface area contributed by atoms with Gasteiger partial charge in [-0.25, -0.2) is 4.98 Å². The topological polar surface area (TPSA) is 79.7 Å². The number of ketones is 1. The van der Waals surface area contributed by atoms with E-state index in [1.54, 1.807) is 24.3 Å². The van der Waals surface area contributed by atoms with E-state index >= 15 is 0 Å². The van der Waals surface area contributed by atoms with Gasteiger partial charge in [0.2, 0.25) is 0 Å². The Kier molecular flexibility index (Phi) is 5.40. The molecule has 1 fully saturated rings. The first-order valence-corrected chi connectivity index (χ1v) is 11.3. The third-order valence-corrected chi connectivity index (χ3v) is 6.49. The lowest BCUT2D eigenvalue weighted by atomic mass is 9.95. The van der Waals surface area contributed by atoms with E-state index in [2.05, 4.69) is 4.98 Å². The highest BCUT2D eigenvalue weighted by molar-refractivity contribution is 7.22. The molecule has 1 aliphatic rings. The average molecular weight is 457 g/mol. The Bertz CT molecular complexity index is 1380. The van der Waals surface area contributed by atoms with E-state index in [0.29, 0.717) is 34.1 Å². The highest BCUT2D eigenvalue weighted by Crippen LogP contribution is 2.44. The van der Waals surface area contributed by atoms with E-state index in [1.807, 2.05) is 61.5 Å². The summed E-state index contributed by atoms with van der Waals surface area (Å²) in [4.78, 5) is 32.5. The molecule has 0 radical (unpaired) electrons. The summed E-state index contributed by atoms with van der Waals surface area (Å²) in [6.45, 7) is 2.45. The molecule has 6 nitrogen and oxygen atoms in total. The number of carbonyl (C=O) groups excluding carboxylic acids is 2. The van der Waals surface area contributed by atoms with Crippen molar-refractivity contribution in [1.29, 1.82) is 0 Å². The van der Waals surface area contributed by atoms with Crippen molar-refractivity contribution in [3.05, 3.63) is 95.6 Å². The van der Waals surface area contributed by atoms with Crippen LogP contribution in [0.1, 0.15) is 24.1 Å². The van der Waals surface area contributed by atoms with Gasteiger partial charge in [0.05, 0.1) is 28.4 Å². The fourth-order valence-electron chi connectivity index (χ4n) is 3.98.